The second-order valence-corrected chi connectivity index (χ2v) is 2.65. The molecule has 0 saturated heterocycles. The van der Waals surface area contributed by atoms with E-state index < -0.39 is 11.7 Å². The summed E-state index contributed by atoms with van der Waals surface area (Å²) in [6.45, 7) is 2.76. The van der Waals surface area contributed by atoms with Crippen molar-refractivity contribution >= 4 is 6.29 Å². The number of hydrogen-bond donors (Lipinski definition) is 1. The molecular weight excluding hydrogens is 121 g/mol. The Morgan fingerprint density at radius 2 is 2.22 bits per heavy atom. The molecular formula is C6H11FNO. The van der Waals surface area contributed by atoms with Gasteiger partial charge in [-0.2, -0.15) is 0 Å². The molecule has 3 heteroatoms. The molecule has 0 heterocycles. The van der Waals surface area contributed by atoms with Crippen LogP contribution in [0.4, 0.5) is 4.39 Å². The number of nitrogens with two attached hydrogens (primary N) is 1. The fourth-order valence-electron chi connectivity index (χ4n) is 0.565. The van der Waals surface area contributed by atoms with Crippen LogP contribution in [0, 0.1) is 0 Å². The van der Waals surface area contributed by atoms with Gasteiger partial charge in [-0.3, -0.25) is 4.79 Å². The van der Waals surface area contributed by atoms with Crippen LogP contribution in [0.2, 0.25) is 0 Å². The number of halogens is 1. The van der Waals surface area contributed by atoms with Crippen molar-refractivity contribution in [2.24, 2.45) is 5.73 Å². The largest absolute Gasteiger partial charge is 0.321 e. The fourth-order valence-corrected chi connectivity index (χ4v) is 0.565. The standard InChI is InChI=1S/C6H11FNO/c1-6(2,7)3-5(8)4-9/h5H,3,8H2,1-2H3/t5-/m0/s1. The Balaban J connectivity index is 3.59. The van der Waals surface area contributed by atoms with Gasteiger partial charge in [0.25, 0.3) is 0 Å². The zero-order chi connectivity index (χ0) is 7.49. The molecule has 0 amide bonds. The zero-order valence-corrected chi connectivity index (χ0v) is 5.65. The summed E-state index contributed by atoms with van der Waals surface area (Å²) in [6.07, 6.45) is 1.55. The number of rotatable bonds is 3. The monoisotopic (exact) mass is 132 g/mol. The minimum atomic E-state index is -1.36. The Labute approximate surface area is 54.2 Å². The molecule has 0 fully saturated rings. The first-order valence-corrected chi connectivity index (χ1v) is 2.78. The van der Waals surface area contributed by atoms with Crippen molar-refractivity contribution in [3.05, 3.63) is 0 Å². The van der Waals surface area contributed by atoms with Gasteiger partial charge in [-0.15, -0.1) is 0 Å². The van der Waals surface area contributed by atoms with Gasteiger partial charge < -0.3 is 5.73 Å². The van der Waals surface area contributed by atoms with E-state index in [0.717, 1.165) is 0 Å². The van der Waals surface area contributed by atoms with Gasteiger partial charge in [-0.05, 0) is 13.8 Å². The maximum atomic E-state index is 12.6. The summed E-state index contributed by atoms with van der Waals surface area (Å²) >= 11 is 0. The molecule has 2 N–H and O–H groups in total. The van der Waals surface area contributed by atoms with E-state index in [2.05, 4.69) is 0 Å². The normalized spacial score (nSPS) is 15.1. The molecule has 0 saturated carbocycles. The zero-order valence-electron chi connectivity index (χ0n) is 5.65. The Kier molecular flexibility index (Phi) is 2.77. The van der Waals surface area contributed by atoms with Gasteiger partial charge in [0.05, 0.1) is 6.04 Å². The topological polar surface area (TPSA) is 43.1 Å². The second-order valence-electron chi connectivity index (χ2n) is 2.65. The lowest BCUT2D eigenvalue weighted by atomic mass is 10.0. The molecule has 0 aromatic carbocycles. The number of hydrogen-bond acceptors (Lipinski definition) is 2. The summed E-state index contributed by atoms with van der Waals surface area (Å²) in [4.78, 5) is 9.77. The van der Waals surface area contributed by atoms with Gasteiger partial charge in [0.1, 0.15) is 5.67 Å². The van der Waals surface area contributed by atoms with E-state index >= 15 is 0 Å². The minimum Gasteiger partial charge on any atom is -0.321 e. The van der Waals surface area contributed by atoms with Crippen molar-refractivity contribution in [3.63, 3.8) is 0 Å². The molecule has 0 aliphatic rings. The highest BCUT2D eigenvalue weighted by Crippen LogP contribution is 2.13. The van der Waals surface area contributed by atoms with Crippen molar-refractivity contribution in [2.45, 2.75) is 32.0 Å². The highest BCUT2D eigenvalue weighted by molar-refractivity contribution is 5.58. The summed E-state index contributed by atoms with van der Waals surface area (Å²) < 4.78 is 12.6. The first-order chi connectivity index (χ1) is 3.95. The second kappa shape index (κ2) is 2.92. The smallest absolute Gasteiger partial charge is 0.216 e. The molecule has 1 radical (unpaired) electrons. The Bertz CT molecular complexity index is 97.7. The first-order valence-electron chi connectivity index (χ1n) is 2.78. The van der Waals surface area contributed by atoms with Crippen LogP contribution in [0.3, 0.4) is 0 Å². The van der Waals surface area contributed by atoms with E-state index in [-0.39, 0.29) is 6.42 Å². The minimum absolute atomic E-state index is 0.0382. The lowest BCUT2D eigenvalue weighted by Crippen LogP contribution is -2.30. The molecule has 1 atom stereocenters. The van der Waals surface area contributed by atoms with Crippen LogP contribution in [0.5, 0.6) is 0 Å². The van der Waals surface area contributed by atoms with Crippen molar-refractivity contribution in [1.82, 2.24) is 0 Å². The predicted octanol–water partition coefficient (Wildman–Crippen LogP) is 0.562. The molecule has 0 spiro atoms. The average Bonchev–Trinajstić information content (AvgIpc) is 1.62. The molecule has 0 rings (SSSR count). The van der Waals surface area contributed by atoms with E-state index in [0.29, 0.717) is 0 Å². The molecule has 53 valence electrons. The van der Waals surface area contributed by atoms with Crippen molar-refractivity contribution in [1.29, 1.82) is 0 Å². The van der Waals surface area contributed by atoms with Gasteiger partial charge >= 0.3 is 0 Å². The van der Waals surface area contributed by atoms with E-state index in [1.54, 1.807) is 0 Å². The fraction of sp³-hybridized carbons (Fsp3) is 0.833. The third-order valence-electron chi connectivity index (χ3n) is 0.857. The highest BCUT2D eigenvalue weighted by Gasteiger charge is 2.19. The molecule has 0 aliphatic heterocycles. The van der Waals surface area contributed by atoms with Crippen LogP contribution in [0.25, 0.3) is 0 Å². The Morgan fingerprint density at radius 3 is 2.33 bits per heavy atom. The quantitative estimate of drug-likeness (QED) is 0.609. The van der Waals surface area contributed by atoms with Crippen LogP contribution in [0.1, 0.15) is 20.3 Å². The maximum Gasteiger partial charge on any atom is 0.216 e. The van der Waals surface area contributed by atoms with Crippen LogP contribution in [0.15, 0.2) is 0 Å². The third kappa shape index (κ3) is 5.43. The highest BCUT2D eigenvalue weighted by atomic mass is 19.1. The third-order valence-corrected chi connectivity index (χ3v) is 0.857. The van der Waals surface area contributed by atoms with E-state index in [4.69, 9.17) is 5.73 Å². The van der Waals surface area contributed by atoms with Crippen LogP contribution in [-0.4, -0.2) is 18.0 Å². The van der Waals surface area contributed by atoms with E-state index in [1.807, 2.05) is 0 Å². The molecule has 0 unspecified atom stereocenters. The lowest BCUT2D eigenvalue weighted by Gasteiger charge is -2.14. The summed E-state index contributed by atoms with van der Waals surface area (Å²) in [6, 6.07) is -0.787. The molecule has 0 bridgehead atoms. The summed E-state index contributed by atoms with van der Waals surface area (Å²) in [7, 11) is 0. The summed E-state index contributed by atoms with van der Waals surface area (Å²) in [5, 5.41) is 0. The Hall–Kier alpha value is -0.440. The van der Waals surface area contributed by atoms with E-state index in [9.17, 15) is 9.18 Å². The van der Waals surface area contributed by atoms with Gasteiger partial charge in [0.15, 0.2) is 0 Å². The van der Waals surface area contributed by atoms with Gasteiger partial charge in [-0.1, -0.05) is 0 Å². The average molecular weight is 132 g/mol. The molecule has 9 heavy (non-hydrogen) atoms. The van der Waals surface area contributed by atoms with Gasteiger partial charge in [0, 0.05) is 6.42 Å². The van der Waals surface area contributed by atoms with Gasteiger partial charge in [0.2, 0.25) is 6.29 Å². The van der Waals surface area contributed by atoms with Crippen molar-refractivity contribution in [3.8, 4) is 0 Å². The molecule has 0 aliphatic carbocycles. The van der Waals surface area contributed by atoms with Crippen molar-refractivity contribution in [2.75, 3.05) is 0 Å². The summed E-state index contributed by atoms with van der Waals surface area (Å²) in [5.74, 6) is 0. The first kappa shape index (κ1) is 8.56. The van der Waals surface area contributed by atoms with Gasteiger partial charge in [-0.25, -0.2) is 4.39 Å². The predicted molar refractivity (Wildman–Crippen MR) is 33.5 cm³/mol. The lowest BCUT2D eigenvalue weighted by molar-refractivity contribution is 0.197. The number of carbonyl (C=O) groups excluding carboxylic acids is 1. The summed E-state index contributed by atoms with van der Waals surface area (Å²) in [5.41, 5.74) is 3.73. The molecule has 0 aromatic rings. The van der Waals surface area contributed by atoms with Crippen LogP contribution in [-0.2, 0) is 4.79 Å². The van der Waals surface area contributed by atoms with E-state index in [1.165, 1.54) is 20.1 Å². The Morgan fingerprint density at radius 1 is 1.78 bits per heavy atom. The molecule has 0 aromatic heterocycles. The molecule has 2 nitrogen and oxygen atoms in total. The van der Waals surface area contributed by atoms with Crippen LogP contribution >= 0.6 is 0 Å². The number of alkyl halides is 1. The maximum absolute atomic E-state index is 12.6. The van der Waals surface area contributed by atoms with Crippen LogP contribution < -0.4 is 5.73 Å². The van der Waals surface area contributed by atoms with Crippen molar-refractivity contribution < 1.29 is 9.18 Å². The SMILES string of the molecule is CC(C)(F)C[C@H](N)[C]=O.